The third-order valence-corrected chi connectivity index (χ3v) is 7.33. The van der Waals surface area contributed by atoms with E-state index in [1.165, 1.54) is 5.56 Å². The molecule has 8 nitrogen and oxygen atoms in total. The standard InChI is InChI=1S/C27H32BN3O5/c1-34-22-15-20(18-32)23-3-5-27(33)30(24(23)16-22)11-10-29-8-6-21(7-9-29)31(28)17-19-2-4-25-26(14-19)36-13-12-35-25/h2-5,14-16,18,21H,6-13,17,28H2,1H3. The normalized spacial score (nSPS) is 16.4. The number of fused-ring (bicyclic) bond motifs is 2. The summed E-state index contributed by atoms with van der Waals surface area (Å²) in [6, 6.07) is 13.5. The van der Waals surface area contributed by atoms with Gasteiger partial charge in [-0.1, -0.05) is 6.07 Å². The highest BCUT2D eigenvalue weighted by molar-refractivity contribution is 6.04. The Morgan fingerprint density at radius 3 is 2.58 bits per heavy atom. The quantitative estimate of drug-likeness (QED) is 0.355. The lowest BCUT2D eigenvalue weighted by molar-refractivity contribution is 0.112. The number of rotatable bonds is 8. The number of carbonyl (C=O) groups excluding carboxylic acids is 1. The first-order valence-corrected chi connectivity index (χ1v) is 12.5. The summed E-state index contributed by atoms with van der Waals surface area (Å²) in [4.78, 5) is 29.1. The molecule has 0 N–H and O–H groups in total. The van der Waals surface area contributed by atoms with E-state index in [1.54, 1.807) is 29.9 Å². The van der Waals surface area contributed by atoms with Crippen molar-refractivity contribution in [1.29, 1.82) is 0 Å². The van der Waals surface area contributed by atoms with Gasteiger partial charge in [0.1, 0.15) is 19.0 Å². The minimum absolute atomic E-state index is 0.0679. The first kappa shape index (κ1) is 24.4. The van der Waals surface area contributed by atoms with Crippen LogP contribution in [0.2, 0.25) is 0 Å². The number of carbonyl (C=O) groups is 1. The van der Waals surface area contributed by atoms with E-state index in [0.29, 0.717) is 37.1 Å². The van der Waals surface area contributed by atoms with Gasteiger partial charge in [0.05, 0.1) is 12.6 Å². The van der Waals surface area contributed by atoms with Crippen LogP contribution in [0.5, 0.6) is 17.2 Å². The van der Waals surface area contributed by atoms with Crippen molar-refractivity contribution < 1.29 is 19.0 Å². The molecule has 0 spiro atoms. The number of hydrogen-bond acceptors (Lipinski definition) is 7. The molecule has 1 fully saturated rings. The van der Waals surface area contributed by atoms with E-state index < -0.39 is 0 Å². The maximum atomic E-state index is 12.7. The Hall–Kier alpha value is -3.30. The van der Waals surface area contributed by atoms with Gasteiger partial charge in [0.15, 0.2) is 25.8 Å². The molecule has 0 unspecified atom stereocenters. The van der Waals surface area contributed by atoms with Crippen LogP contribution < -0.4 is 19.8 Å². The number of pyridine rings is 1. The molecule has 2 aromatic carbocycles. The molecule has 0 saturated carbocycles. The highest BCUT2D eigenvalue weighted by Gasteiger charge is 2.23. The van der Waals surface area contributed by atoms with Gasteiger partial charge in [-0.25, -0.2) is 0 Å². The van der Waals surface area contributed by atoms with Crippen molar-refractivity contribution in [1.82, 2.24) is 14.3 Å². The van der Waals surface area contributed by atoms with Crippen LogP contribution in [0.3, 0.4) is 0 Å². The fraction of sp³-hybridized carbons (Fsp3) is 0.407. The van der Waals surface area contributed by atoms with Crippen LogP contribution in [0.25, 0.3) is 10.9 Å². The molecular weight excluding hydrogens is 457 g/mol. The van der Waals surface area contributed by atoms with Crippen LogP contribution in [0.4, 0.5) is 0 Å². The molecule has 1 saturated heterocycles. The molecule has 36 heavy (non-hydrogen) atoms. The Labute approximate surface area is 211 Å². The predicted octanol–water partition coefficient (Wildman–Crippen LogP) is 2.11. The second-order valence-corrected chi connectivity index (χ2v) is 9.56. The Balaban J connectivity index is 1.19. The third-order valence-electron chi connectivity index (χ3n) is 7.33. The molecular formula is C27H32BN3O5. The minimum atomic E-state index is -0.0679. The summed E-state index contributed by atoms with van der Waals surface area (Å²) in [6.07, 6.45) is 2.97. The lowest BCUT2D eigenvalue weighted by atomic mass is 9.99. The molecule has 0 bridgehead atoms. The first-order valence-electron chi connectivity index (χ1n) is 12.5. The molecule has 188 valence electrons. The summed E-state index contributed by atoms with van der Waals surface area (Å²) < 4.78 is 18.5. The minimum Gasteiger partial charge on any atom is -0.497 e. The van der Waals surface area contributed by atoms with Crippen molar-refractivity contribution in [3.05, 3.63) is 63.9 Å². The van der Waals surface area contributed by atoms with Crippen LogP contribution in [0.1, 0.15) is 28.8 Å². The molecule has 2 aliphatic rings. The van der Waals surface area contributed by atoms with Gasteiger partial charge >= 0.3 is 0 Å². The Kier molecular flexibility index (Phi) is 7.29. The second kappa shape index (κ2) is 10.8. The van der Waals surface area contributed by atoms with Gasteiger partial charge in [-0.2, -0.15) is 0 Å². The summed E-state index contributed by atoms with van der Waals surface area (Å²) in [7, 11) is 3.75. The fourth-order valence-corrected chi connectivity index (χ4v) is 5.28. The van der Waals surface area contributed by atoms with Gasteiger partial charge in [0, 0.05) is 48.8 Å². The van der Waals surface area contributed by atoms with E-state index in [1.807, 2.05) is 12.1 Å². The lowest BCUT2D eigenvalue weighted by Crippen LogP contribution is -2.44. The highest BCUT2D eigenvalue weighted by atomic mass is 16.6. The van der Waals surface area contributed by atoms with Crippen molar-refractivity contribution >= 4 is 25.2 Å². The van der Waals surface area contributed by atoms with Gasteiger partial charge in [-0.15, -0.1) is 0 Å². The van der Waals surface area contributed by atoms with E-state index in [0.717, 1.165) is 67.7 Å². The van der Waals surface area contributed by atoms with Gasteiger partial charge < -0.3 is 28.5 Å². The van der Waals surface area contributed by atoms with Crippen molar-refractivity contribution in [3.63, 3.8) is 0 Å². The van der Waals surface area contributed by atoms with Crippen molar-refractivity contribution in [2.45, 2.75) is 32.0 Å². The largest absolute Gasteiger partial charge is 0.497 e. The zero-order valence-corrected chi connectivity index (χ0v) is 20.9. The van der Waals surface area contributed by atoms with E-state index >= 15 is 0 Å². The maximum Gasteiger partial charge on any atom is 0.251 e. The van der Waals surface area contributed by atoms with Gasteiger partial charge in [-0.05, 0) is 55.8 Å². The zero-order valence-electron chi connectivity index (χ0n) is 20.9. The SMILES string of the molecule is BN(Cc1ccc2c(c1)OCCO2)C1CCN(CCn2c(=O)ccc3c(C=O)cc(OC)cc32)CC1. The van der Waals surface area contributed by atoms with Crippen LogP contribution in [-0.2, 0) is 13.1 Å². The first-order chi connectivity index (χ1) is 17.6. The fourth-order valence-electron chi connectivity index (χ4n) is 5.28. The number of benzene rings is 2. The smallest absolute Gasteiger partial charge is 0.251 e. The Morgan fingerprint density at radius 1 is 1.06 bits per heavy atom. The molecule has 0 radical (unpaired) electrons. The summed E-state index contributed by atoms with van der Waals surface area (Å²) >= 11 is 0. The number of aldehydes is 1. The summed E-state index contributed by atoms with van der Waals surface area (Å²) in [5, 5.41) is 0.768. The van der Waals surface area contributed by atoms with Gasteiger partial charge in [0.2, 0.25) is 0 Å². The van der Waals surface area contributed by atoms with Crippen molar-refractivity contribution in [3.8, 4) is 17.2 Å². The van der Waals surface area contributed by atoms with E-state index in [4.69, 9.17) is 14.2 Å². The number of ether oxygens (including phenoxy) is 3. The molecule has 5 rings (SSSR count). The zero-order chi connectivity index (χ0) is 25.1. The maximum absolute atomic E-state index is 12.7. The molecule has 1 aromatic heterocycles. The number of aromatic nitrogens is 1. The summed E-state index contributed by atoms with van der Waals surface area (Å²) in [6.45, 7) is 5.39. The molecule has 2 aliphatic heterocycles. The van der Waals surface area contributed by atoms with Crippen LogP contribution in [-0.4, -0.2) is 74.5 Å². The van der Waals surface area contributed by atoms with E-state index in [2.05, 4.69) is 29.8 Å². The number of likely N-dealkylation sites (tertiary alicyclic amines) is 1. The third kappa shape index (κ3) is 5.13. The van der Waals surface area contributed by atoms with Gasteiger partial charge in [-0.3, -0.25) is 9.59 Å². The average molecular weight is 489 g/mol. The average Bonchev–Trinajstić information content (AvgIpc) is 2.92. The van der Waals surface area contributed by atoms with Crippen LogP contribution in [0, 0.1) is 0 Å². The topological polar surface area (TPSA) is 73.2 Å². The van der Waals surface area contributed by atoms with Gasteiger partial charge in [0.25, 0.3) is 5.56 Å². The highest BCUT2D eigenvalue weighted by Crippen LogP contribution is 2.31. The summed E-state index contributed by atoms with van der Waals surface area (Å²) in [5.41, 5.74) is 2.42. The predicted molar refractivity (Wildman–Crippen MR) is 141 cm³/mol. The number of methoxy groups -OCH3 is 1. The lowest BCUT2D eigenvalue weighted by Gasteiger charge is -2.37. The summed E-state index contributed by atoms with van der Waals surface area (Å²) in [5.74, 6) is 2.24. The number of piperidine rings is 1. The van der Waals surface area contributed by atoms with Crippen molar-refractivity contribution in [2.24, 2.45) is 0 Å². The second-order valence-electron chi connectivity index (χ2n) is 9.56. The molecule has 0 aliphatic carbocycles. The molecule has 9 heteroatoms. The molecule has 0 atom stereocenters. The number of nitrogens with zero attached hydrogens (tertiary/aromatic N) is 3. The van der Waals surface area contributed by atoms with Crippen molar-refractivity contribution in [2.75, 3.05) is 40.0 Å². The van der Waals surface area contributed by atoms with E-state index in [9.17, 15) is 9.59 Å². The monoisotopic (exact) mass is 489 g/mol. The molecule has 3 aromatic rings. The van der Waals surface area contributed by atoms with E-state index in [-0.39, 0.29) is 5.56 Å². The Bertz CT molecular complexity index is 1300. The van der Waals surface area contributed by atoms with Crippen LogP contribution >= 0.6 is 0 Å². The molecule has 3 heterocycles. The number of hydrogen-bond donors (Lipinski definition) is 0. The van der Waals surface area contributed by atoms with Crippen LogP contribution in [0.15, 0.2) is 47.3 Å². The Morgan fingerprint density at radius 2 is 1.83 bits per heavy atom. The molecule has 0 amide bonds.